The molecule has 13 nitrogen and oxygen atoms in total. The molecule has 2 aromatic carbocycles. The van der Waals surface area contributed by atoms with Crippen molar-refractivity contribution in [3.05, 3.63) is 58.7 Å². The Kier molecular flexibility index (Phi) is 10.9. The molecule has 3 aliphatic heterocycles. The average molecular weight is 712 g/mol. The normalized spacial score (nSPS) is 32.9. The van der Waals surface area contributed by atoms with Crippen LogP contribution in [0.3, 0.4) is 0 Å². The number of likely N-dealkylation sites (tertiary alicyclic amines) is 1. The second-order valence-corrected chi connectivity index (χ2v) is 15.1. The third-order valence-electron chi connectivity index (χ3n) is 10.7. The van der Waals surface area contributed by atoms with Gasteiger partial charge in [-0.25, -0.2) is 4.79 Å². The summed E-state index contributed by atoms with van der Waals surface area (Å²) in [5.41, 5.74) is 4.67. The van der Waals surface area contributed by atoms with E-state index < -0.39 is 85.3 Å². The molecule has 0 radical (unpaired) electrons. The summed E-state index contributed by atoms with van der Waals surface area (Å²) in [6.07, 6.45) is -11.0. The van der Waals surface area contributed by atoms with Crippen LogP contribution in [-0.4, -0.2) is 145 Å². The van der Waals surface area contributed by atoms with E-state index >= 15 is 0 Å². The molecule has 13 heteroatoms. The first-order valence-corrected chi connectivity index (χ1v) is 17.6. The van der Waals surface area contributed by atoms with Crippen LogP contribution < -0.4 is 0 Å². The number of aryl methyl sites for hydroxylation is 1. The highest BCUT2D eigenvalue weighted by molar-refractivity contribution is 5.82. The van der Waals surface area contributed by atoms with Crippen LogP contribution in [0.2, 0.25) is 0 Å². The molecule has 8 N–H and O–H groups in total. The van der Waals surface area contributed by atoms with E-state index in [0.29, 0.717) is 44.3 Å². The molecule has 2 aromatic rings. The van der Waals surface area contributed by atoms with Gasteiger partial charge in [0.1, 0.15) is 60.5 Å². The van der Waals surface area contributed by atoms with E-state index in [0.717, 1.165) is 27.8 Å². The number of nitrogens with zero attached hydrogens (tertiary/aromatic N) is 1. The SMILES string of the molecule is CC(C)(C)OC(=O)N1CCC2(CC1)c1cc(C#C[C@H]3O[C@H](CO)[C@@H](O)[C@H](O)[C@@H]3O)ccc1-c1ccc(CC[C@H]3O[C@H](CO)[C@@H](O)[C@H](O)[C@@H]3O)cc12. The number of aliphatic hydroxyl groups excluding tert-OH is 8. The number of ether oxygens (including phenoxy) is 3. The molecule has 278 valence electrons. The van der Waals surface area contributed by atoms with Crippen molar-refractivity contribution in [1.82, 2.24) is 4.90 Å². The van der Waals surface area contributed by atoms with Gasteiger partial charge in [-0.1, -0.05) is 36.1 Å². The number of fused-ring (bicyclic) bond motifs is 5. The van der Waals surface area contributed by atoms with Gasteiger partial charge in [-0.15, -0.1) is 0 Å². The molecule has 3 saturated heterocycles. The number of hydrogen-bond donors (Lipinski definition) is 8. The molecule has 0 unspecified atom stereocenters. The van der Waals surface area contributed by atoms with Crippen molar-refractivity contribution in [3.63, 3.8) is 0 Å². The smallest absolute Gasteiger partial charge is 0.410 e. The van der Waals surface area contributed by atoms with E-state index in [-0.39, 0.29) is 6.09 Å². The van der Waals surface area contributed by atoms with Gasteiger partial charge in [-0.05, 0) is 86.4 Å². The summed E-state index contributed by atoms with van der Waals surface area (Å²) in [5, 5.41) is 81.2. The predicted molar refractivity (Wildman–Crippen MR) is 182 cm³/mol. The molecule has 3 heterocycles. The number of aliphatic hydroxyl groups is 8. The Bertz CT molecular complexity index is 1640. The Balaban J connectivity index is 1.29. The van der Waals surface area contributed by atoms with Gasteiger partial charge < -0.3 is 60.0 Å². The summed E-state index contributed by atoms with van der Waals surface area (Å²) in [5.74, 6) is 5.92. The second kappa shape index (κ2) is 14.7. The topological polar surface area (TPSA) is 210 Å². The molecule has 6 rings (SSSR count). The first kappa shape index (κ1) is 37.6. The van der Waals surface area contributed by atoms with E-state index in [1.165, 1.54) is 0 Å². The van der Waals surface area contributed by atoms with E-state index in [2.05, 4.69) is 24.0 Å². The summed E-state index contributed by atoms with van der Waals surface area (Å²) in [4.78, 5) is 14.8. The van der Waals surface area contributed by atoms with Crippen molar-refractivity contribution >= 4 is 6.09 Å². The molecule has 3 fully saturated rings. The molecular formula is C38H49NO12. The lowest BCUT2D eigenvalue weighted by molar-refractivity contribution is -0.230. The van der Waals surface area contributed by atoms with Crippen molar-refractivity contribution in [3.8, 4) is 23.0 Å². The highest BCUT2D eigenvalue weighted by atomic mass is 16.6. The van der Waals surface area contributed by atoms with Crippen LogP contribution in [-0.2, 0) is 26.0 Å². The van der Waals surface area contributed by atoms with Gasteiger partial charge in [0.05, 0.1) is 19.3 Å². The Morgan fingerprint density at radius 1 is 0.804 bits per heavy atom. The first-order chi connectivity index (χ1) is 24.2. The fourth-order valence-electron chi connectivity index (χ4n) is 7.81. The van der Waals surface area contributed by atoms with Crippen molar-refractivity contribution < 1.29 is 59.9 Å². The highest BCUT2D eigenvalue weighted by Gasteiger charge is 2.47. The minimum Gasteiger partial charge on any atom is -0.444 e. The first-order valence-electron chi connectivity index (χ1n) is 17.6. The fourth-order valence-corrected chi connectivity index (χ4v) is 7.81. The summed E-state index contributed by atoms with van der Waals surface area (Å²) in [7, 11) is 0. The van der Waals surface area contributed by atoms with E-state index in [1.807, 2.05) is 45.0 Å². The monoisotopic (exact) mass is 711 g/mol. The lowest BCUT2D eigenvalue weighted by atomic mass is 9.70. The molecule has 0 saturated carbocycles. The van der Waals surface area contributed by atoms with Gasteiger partial charge in [0.2, 0.25) is 0 Å². The van der Waals surface area contributed by atoms with Gasteiger partial charge in [0.25, 0.3) is 0 Å². The summed E-state index contributed by atoms with van der Waals surface area (Å²) in [6.45, 7) is 5.35. The lowest BCUT2D eigenvalue weighted by Crippen LogP contribution is -2.58. The minimum absolute atomic E-state index is 0.338. The number of amides is 1. The number of piperidine rings is 1. The van der Waals surface area contributed by atoms with Crippen LogP contribution in [0.15, 0.2) is 36.4 Å². The Hall–Kier alpha value is -3.13. The van der Waals surface area contributed by atoms with Crippen molar-refractivity contribution in [2.24, 2.45) is 0 Å². The molecule has 10 atom stereocenters. The Labute approximate surface area is 297 Å². The van der Waals surface area contributed by atoms with Gasteiger partial charge >= 0.3 is 6.09 Å². The van der Waals surface area contributed by atoms with Crippen molar-refractivity contribution in [2.45, 2.75) is 119 Å². The van der Waals surface area contributed by atoms with Gasteiger partial charge in [-0.3, -0.25) is 0 Å². The quantitative estimate of drug-likeness (QED) is 0.192. The zero-order chi connectivity index (χ0) is 36.8. The van der Waals surface area contributed by atoms with Gasteiger partial charge in [-0.2, -0.15) is 0 Å². The van der Waals surface area contributed by atoms with E-state index in [4.69, 9.17) is 14.2 Å². The maximum atomic E-state index is 13.0. The number of hydrogen-bond acceptors (Lipinski definition) is 12. The number of carbonyl (C=O) groups excluding carboxylic acids is 1. The molecule has 1 spiro atoms. The Morgan fingerprint density at radius 3 is 2.00 bits per heavy atom. The van der Waals surface area contributed by atoms with Gasteiger partial charge in [0.15, 0.2) is 0 Å². The second-order valence-electron chi connectivity index (χ2n) is 15.1. The summed E-state index contributed by atoms with van der Waals surface area (Å²) < 4.78 is 17.0. The molecule has 4 aliphatic rings. The zero-order valence-electron chi connectivity index (χ0n) is 29.1. The van der Waals surface area contributed by atoms with Crippen LogP contribution in [0.1, 0.15) is 62.3 Å². The third-order valence-corrected chi connectivity index (χ3v) is 10.7. The summed E-state index contributed by atoms with van der Waals surface area (Å²) >= 11 is 0. The van der Waals surface area contributed by atoms with E-state index in [9.17, 15) is 45.6 Å². The van der Waals surface area contributed by atoms with Gasteiger partial charge in [0, 0.05) is 24.1 Å². The van der Waals surface area contributed by atoms with Crippen LogP contribution in [0.4, 0.5) is 4.79 Å². The molecule has 0 aromatic heterocycles. The molecule has 0 bridgehead atoms. The van der Waals surface area contributed by atoms with Crippen molar-refractivity contribution in [1.29, 1.82) is 0 Å². The molecular weight excluding hydrogens is 662 g/mol. The molecule has 51 heavy (non-hydrogen) atoms. The van der Waals surface area contributed by atoms with Crippen LogP contribution in [0, 0.1) is 11.8 Å². The van der Waals surface area contributed by atoms with Crippen LogP contribution in [0.25, 0.3) is 11.1 Å². The van der Waals surface area contributed by atoms with Crippen molar-refractivity contribution in [2.75, 3.05) is 26.3 Å². The maximum absolute atomic E-state index is 13.0. The number of benzene rings is 2. The predicted octanol–water partition coefficient (Wildman–Crippen LogP) is -0.0471. The zero-order valence-corrected chi connectivity index (χ0v) is 29.1. The van der Waals surface area contributed by atoms with Crippen LogP contribution >= 0.6 is 0 Å². The van der Waals surface area contributed by atoms with E-state index in [1.54, 1.807) is 4.90 Å². The third kappa shape index (κ3) is 7.28. The molecule has 1 aliphatic carbocycles. The fraction of sp³-hybridized carbons (Fsp3) is 0.605. The molecule has 1 amide bonds. The average Bonchev–Trinajstić information content (AvgIpc) is 3.36. The highest BCUT2D eigenvalue weighted by Crippen LogP contribution is 2.54. The summed E-state index contributed by atoms with van der Waals surface area (Å²) in [6, 6.07) is 12.1. The standard InChI is InChI=1S/C38H49NO12/c1-37(2,3)51-36(48)39-14-12-38(13-15-39)24-16-20(6-10-26-30(42)34(46)32(44)28(18-40)49-26)4-8-22(24)23-9-5-21(17-25(23)38)7-11-27-31(43)35(47)33(45)29(19-41)50-27/h4-5,8-9,16-17,26-35,40-47H,6,10,12-15,18-19H2,1-3H3/t26-,27-,28-,29-,30-,31-,32-,33-,34-,35-/m1/s1. The number of carbonyl (C=O) groups is 1. The van der Waals surface area contributed by atoms with Crippen LogP contribution in [0.5, 0.6) is 0 Å². The maximum Gasteiger partial charge on any atom is 0.410 e. The largest absolute Gasteiger partial charge is 0.444 e. The number of rotatable bonds is 5. The lowest BCUT2D eigenvalue weighted by Gasteiger charge is -2.41. The Morgan fingerprint density at radius 2 is 1.37 bits per heavy atom. The minimum atomic E-state index is -1.53.